The molecule has 0 fully saturated rings. The van der Waals surface area contributed by atoms with Crippen molar-refractivity contribution < 1.29 is 43.3 Å². The Morgan fingerprint density at radius 3 is 1.14 bits per heavy atom. The summed E-state index contributed by atoms with van der Waals surface area (Å²) in [6.45, 7) is -2.30. The Morgan fingerprint density at radius 2 is 0.955 bits per heavy atom. The van der Waals surface area contributed by atoms with Crippen molar-refractivity contribution in [2.24, 2.45) is 17.2 Å². The summed E-state index contributed by atoms with van der Waals surface area (Å²) in [5, 5.41) is 26.1. The molecule has 0 radical (unpaired) electrons. The van der Waals surface area contributed by atoms with E-state index in [9.17, 15) is 14.4 Å². The van der Waals surface area contributed by atoms with Crippen molar-refractivity contribution in [2.45, 2.75) is 18.1 Å². The summed E-state index contributed by atoms with van der Waals surface area (Å²) >= 11 is 0. The van der Waals surface area contributed by atoms with E-state index in [1.807, 2.05) is 0 Å². The average Bonchev–Trinajstić information content (AvgIpc) is 2.51. The van der Waals surface area contributed by atoms with Crippen molar-refractivity contribution in [2.75, 3.05) is 19.8 Å². The van der Waals surface area contributed by atoms with Crippen LogP contribution in [0.15, 0.2) is 0 Å². The zero-order chi connectivity index (χ0) is 17.3. The van der Waals surface area contributed by atoms with Crippen LogP contribution in [0.1, 0.15) is 0 Å². The van der Waals surface area contributed by atoms with Crippen molar-refractivity contribution in [3.63, 3.8) is 0 Å². The summed E-state index contributed by atoms with van der Waals surface area (Å²) in [5.74, 6) is -3.65. The highest BCUT2D eigenvalue weighted by atomic mass is 31.2. The van der Waals surface area contributed by atoms with Gasteiger partial charge in [0.2, 0.25) is 0 Å². The zero-order valence-corrected chi connectivity index (χ0v) is 12.2. The average molecular weight is 343 g/mol. The summed E-state index contributed by atoms with van der Waals surface area (Å²) in [6, 6.07) is -4.37. The molecule has 0 aliphatic carbocycles. The number of nitrogens with two attached hydrogens (primary N) is 3. The highest BCUT2D eigenvalue weighted by Crippen LogP contribution is 2.40. The Morgan fingerprint density at radius 1 is 0.727 bits per heavy atom. The van der Waals surface area contributed by atoms with Gasteiger partial charge in [0, 0.05) is 0 Å². The van der Waals surface area contributed by atoms with Crippen LogP contribution in [0.25, 0.3) is 0 Å². The molecule has 9 N–H and O–H groups in total. The monoisotopic (exact) mass is 343 g/mol. The van der Waals surface area contributed by atoms with Crippen LogP contribution in [0.4, 0.5) is 0 Å². The lowest BCUT2D eigenvalue weighted by molar-refractivity contribution is -0.145. The van der Waals surface area contributed by atoms with E-state index in [0.29, 0.717) is 0 Å². The van der Waals surface area contributed by atoms with Gasteiger partial charge in [-0.3, -0.25) is 0 Å². The maximum Gasteiger partial charge on any atom is 0.537 e. The molecule has 3 unspecified atom stereocenters. The molecule has 0 amide bonds. The Hall–Kier alpha value is -1.40. The topological polar surface area (TPSA) is 218 Å². The predicted molar refractivity (Wildman–Crippen MR) is 70.4 cm³/mol. The van der Waals surface area contributed by atoms with Crippen LogP contribution in [-0.4, -0.2) is 71.2 Å². The van der Waals surface area contributed by atoms with E-state index in [1.54, 1.807) is 0 Å². The molecule has 0 rings (SSSR count). The Bertz CT molecular complexity index is 339. The maximum atomic E-state index is 11.4. The number of aliphatic hydroxyl groups excluding tert-OH is 3. The van der Waals surface area contributed by atoms with Crippen LogP contribution in [0.3, 0.4) is 0 Å². The van der Waals surface area contributed by atoms with Crippen LogP contribution >= 0.6 is 8.60 Å². The number of aliphatic hydroxyl groups is 3. The number of rotatable bonds is 9. The molecule has 22 heavy (non-hydrogen) atoms. The van der Waals surface area contributed by atoms with Gasteiger partial charge in [-0.25, -0.2) is 14.4 Å². The molecule has 0 aromatic rings. The number of carbonyl (C=O) groups excluding carboxylic acids is 3. The quantitative estimate of drug-likeness (QED) is 0.219. The minimum Gasteiger partial charge on any atom is -0.394 e. The summed E-state index contributed by atoms with van der Waals surface area (Å²) in [6.07, 6.45) is 0. The molecule has 0 bridgehead atoms. The molecule has 12 nitrogen and oxygen atoms in total. The first-order valence-corrected chi connectivity index (χ1v) is 6.91. The zero-order valence-electron chi connectivity index (χ0n) is 11.3. The normalized spacial score (nSPS) is 16.1. The molecule has 0 aliphatic rings. The smallest absolute Gasteiger partial charge is 0.394 e. The van der Waals surface area contributed by atoms with Gasteiger partial charge in [0.1, 0.15) is 18.1 Å². The van der Waals surface area contributed by atoms with Gasteiger partial charge in [0.05, 0.1) is 19.8 Å². The molecule has 3 atom stereocenters. The second kappa shape index (κ2) is 10.3. The van der Waals surface area contributed by atoms with Crippen LogP contribution in [-0.2, 0) is 28.0 Å². The fraction of sp³-hybridized carbons (Fsp3) is 0.667. The minimum atomic E-state index is -2.92. The Balaban J connectivity index is 4.86. The molecule has 0 saturated carbocycles. The number of hydrogen-bond donors (Lipinski definition) is 6. The van der Waals surface area contributed by atoms with E-state index >= 15 is 0 Å². The fourth-order valence-corrected chi connectivity index (χ4v) is 1.66. The molecular formula is C9H18N3O9P. The highest BCUT2D eigenvalue weighted by molar-refractivity contribution is 7.43. The Labute approximate surface area is 126 Å². The van der Waals surface area contributed by atoms with E-state index in [2.05, 4.69) is 13.6 Å². The molecule has 13 heteroatoms. The van der Waals surface area contributed by atoms with Crippen molar-refractivity contribution in [1.29, 1.82) is 0 Å². The molecule has 0 saturated heterocycles. The SMILES string of the molecule is NC(CO)C(=O)OP(OC(=O)C(N)CO)OC(=O)C(N)CO. The molecular weight excluding hydrogens is 325 g/mol. The second-order valence-electron chi connectivity index (χ2n) is 3.82. The number of hydrogen-bond acceptors (Lipinski definition) is 12. The van der Waals surface area contributed by atoms with E-state index in [4.69, 9.17) is 32.5 Å². The van der Waals surface area contributed by atoms with Crippen molar-refractivity contribution in [3.05, 3.63) is 0 Å². The first-order chi connectivity index (χ1) is 10.3. The van der Waals surface area contributed by atoms with Gasteiger partial charge in [-0.15, -0.1) is 0 Å². The predicted octanol–water partition coefficient (Wildman–Crippen LogP) is -4.20. The molecule has 128 valence electrons. The molecule has 0 spiro atoms. The van der Waals surface area contributed by atoms with Crippen LogP contribution < -0.4 is 17.2 Å². The van der Waals surface area contributed by atoms with Crippen molar-refractivity contribution in [1.82, 2.24) is 0 Å². The molecule has 0 heterocycles. The number of carbonyl (C=O) groups is 3. The summed E-state index contributed by atoms with van der Waals surface area (Å²) in [4.78, 5) is 34.2. The standard InChI is InChI=1S/C9H18N3O9P/c10-4(1-13)7(16)19-22(20-8(17)5(11)2-14)21-9(18)6(12)3-15/h4-6,13-15H,1-3,10-12H2. The lowest BCUT2D eigenvalue weighted by Gasteiger charge is -2.18. The van der Waals surface area contributed by atoms with Gasteiger partial charge in [-0.05, 0) is 0 Å². The van der Waals surface area contributed by atoms with Gasteiger partial charge in [-0.2, -0.15) is 0 Å². The Kier molecular flexibility index (Phi) is 9.69. The molecule has 0 aromatic carbocycles. The van der Waals surface area contributed by atoms with Gasteiger partial charge >= 0.3 is 26.5 Å². The van der Waals surface area contributed by atoms with Gasteiger partial charge in [-0.1, -0.05) is 0 Å². The second-order valence-corrected chi connectivity index (χ2v) is 4.82. The first kappa shape index (κ1) is 20.6. The van der Waals surface area contributed by atoms with E-state index in [1.165, 1.54) is 0 Å². The summed E-state index contributed by atoms with van der Waals surface area (Å²) in [5.41, 5.74) is 15.5. The minimum absolute atomic E-state index is 0.768. The highest BCUT2D eigenvalue weighted by Gasteiger charge is 2.33. The van der Waals surface area contributed by atoms with Crippen LogP contribution in [0.2, 0.25) is 0 Å². The van der Waals surface area contributed by atoms with Crippen molar-refractivity contribution in [3.8, 4) is 0 Å². The van der Waals surface area contributed by atoms with E-state index in [-0.39, 0.29) is 0 Å². The lowest BCUT2D eigenvalue weighted by atomic mass is 10.3. The molecule has 0 aromatic heterocycles. The third-order valence-electron chi connectivity index (χ3n) is 1.99. The third-order valence-corrected chi connectivity index (χ3v) is 2.98. The van der Waals surface area contributed by atoms with E-state index < -0.39 is 64.5 Å². The maximum absolute atomic E-state index is 11.4. The van der Waals surface area contributed by atoms with Gasteiger partial charge in [0.15, 0.2) is 0 Å². The van der Waals surface area contributed by atoms with Gasteiger partial charge in [0.25, 0.3) is 0 Å². The summed E-state index contributed by atoms with van der Waals surface area (Å²) < 4.78 is 13.5. The molecule has 0 aliphatic heterocycles. The van der Waals surface area contributed by atoms with Gasteiger partial charge < -0.3 is 46.1 Å². The fourth-order valence-electron chi connectivity index (χ4n) is 0.703. The largest absolute Gasteiger partial charge is 0.537 e. The third kappa shape index (κ3) is 7.04. The van der Waals surface area contributed by atoms with Crippen molar-refractivity contribution >= 4 is 26.5 Å². The summed E-state index contributed by atoms with van der Waals surface area (Å²) in [7, 11) is -2.92. The van der Waals surface area contributed by atoms with Crippen LogP contribution in [0.5, 0.6) is 0 Å². The van der Waals surface area contributed by atoms with Crippen LogP contribution in [0, 0.1) is 0 Å². The first-order valence-electron chi connectivity index (χ1n) is 5.81. The van der Waals surface area contributed by atoms with E-state index in [0.717, 1.165) is 0 Å². The lowest BCUT2D eigenvalue weighted by Crippen LogP contribution is -2.38.